The number of nitrogens with zero attached hydrogens (tertiary/aromatic N) is 2. The van der Waals surface area contributed by atoms with Gasteiger partial charge in [0.05, 0.1) is 6.26 Å². The van der Waals surface area contributed by atoms with Crippen LogP contribution in [0.25, 0.3) is 0 Å². The SMILES string of the molecule is CN(C)CCNC(=O)CCN(Cc1ccc(Cl)cc1)S(C)(=O)=O. The molecule has 0 atom stereocenters. The van der Waals surface area contributed by atoms with E-state index in [1.807, 2.05) is 19.0 Å². The van der Waals surface area contributed by atoms with E-state index in [9.17, 15) is 13.2 Å². The minimum atomic E-state index is -3.39. The molecule has 0 saturated carbocycles. The summed E-state index contributed by atoms with van der Waals surface area (Å²) in [5.41, 5.74) is 0.827. The molecule has 8 heteroatoms. The molecule has 0 aliphatic rings. The van der Waals surface area contributed by atoms with E-state index in [2.05, 4.69) is 5.32 Å². The first-order valence-electron chi connectivity index (χ1n) is 7.29. The van der Waals surface area contributed by atoms with Crippen molar-refractivity contribution in [1.82, 2.24) is 14.5 Å². The van der Waals surface area contributed by atoms with Crippen LogP contribution in [0.2, 0.25) is 5.02 Å². The van der Waals surface area contributed by atoms with Crippen molar-refractivity contribution in [3.8, 4) is 0 Å². The van der Waals surface area contributed by atoms with Crippen LogP contribution in [0.3, 0.4) is 0 Å². The molecule has 0 unspecified atom stereocenters. The monoisotopic (exact) mass is 361 g/mol. The molecule has 6 nitrogen and oxygen atoms in total. The summed E-state index contributed by atoms with van der Waals surface area (Å²) in [4.78, 5) is 13.7. The van der Waals surface area contributed by atoms with Crippen LogP contribution in [0.1, 0.15) is 12.0 Å². The Balaban J connectivity index is 2.56. The van der Waals surface area contributed by atoms with Gasteiger partial charge >= 0.3 is 0 Å². The minimum Gasteiger partial charge on any atom is -0.355 e. The van der Waals surface area contributed by atoms with E-state index in [4.69, 9.17) is 11.6 Å². The van der Waals surface area contributed by atoms with Crippen molar-refractivity contribution < 1.29 is 13.2 Å². The second-order valence-corrected chi connectivity index (χ2v) is 8.05. The fraction of sp³-hybridized carbons (Fsp3) is 0.533. The molecule has 0 aliphatic carbocycles. The molecule has 0 fully saturated rings. The number of carbonyl (C=O) groups excluding carboxylic acids is 1. The molecule has 1 amide bonds. The Bertz CT molecular complexity index is 603. The summed E-state index contributed by atoms with van der Waals surface area (Å²) in [5.74, 6) is -0.156. The number of nitrogens with one attached hydrogen (secondary N) is 1. The van der Waals surface area contributed by atoms with Crippen LogP contribution in [0, 0.1) is 0 Å². The fourth-order valence-corrected chi connectivity index (χ4v) is 2.82. The van der Waals surface area contributed by atoms with Gasteiger partial charge in [-0.2, -0.15) is 4.31 Å². The van der Waals surface area contributed by atoms with E-state index in [0.29, 0.717) is 11.6 Å². The third-order valence-electron chi connectivity index (χ3n) is 3.21. The van der Waals surface area contributed by atoms with Gasteiger partial charge in [-0.3, -0.25) is 4.79 Å². The zero-order valence-corrected chi connectivity index (χ0v) is 15.3. The van der Waals surface area contributed by atoms with E-state index in [-0.39, 0.29) is 25.4 Å². The summed E-state index contributed by atoms with van der Waals surface area (Å²) in [7, 11) is 0.450. The van der Waals surface area contributed by atoms with Gasteiger partial charge in [0.1, 0.15) is 0 Å². The van der Waals surface area contributed by atoms with E-state index < -0.39 is 10.0 Å². The number of carbonyl (C=O) groups is 1. The molecule has 0 heterocycles. The minimum absolute atomic E-state index is 0.133. The largest absolute Gasteiger partial charge is 0.355 e. The summed E-state index contributed by atoms with van der Waals surface area (Å²) in [6, 6.07) is 6.98. The molecular weight excluding hydrogens is 338 g/mol. The van der Waals surface area contributed by atoms with Crippen LogP contribution in [0.5, 0.6) is 0 Å². The molecule has 0 spiro atoms. The highest BCUT2D eigenvalue weighted by atomic mass is 35.5. The molecule has 23 heavy (non-hydrogen) atoms. The third kappa shape index (κ3) is 8.31. The molecular formula is C15H24ClN3O3S. The van der Waals surface area contributed by atoms with E-state index >= 15 is 0 Å². The van der Waals surface area contributed by atoms with Crippen molar-refractivity contribution in [2.75, 3.05) is 40.0 Å². The van der Waals surface area contributed by atoms with Crippen LogP contribution < -0.4 is 5.32 Å². The van der Waals surface area contributed by atoms with Gasteiger partial charge in [0.15, 0.2) is 0 Å². The fourth-order valence-electron chi connectivity index (χ4n) is 1.89. The summed E-state index contributed by atoms with van der Waals surface area (Å²) >= 11 is 5.82. The highest BCUT2D eigenvalue weighted by Gasteiger charge is 2.18. The summed E-state index contributed by atoms with van der Waals surface area (Å²) in [5, 5.41) is 3.37. The van der Waals surface area contributed by atoms with Crippen molar-refractivity contribution in [2.45, 2.75) is 13.0 Å². The van der Waals surface area contributed by atoms with Gasteiger partial charge in [-0.05, 0) is 31.8 Å². The van der Waals surface area contributed by atoms with Crippen molar-refractivity contribution in [3.63, 3.8) is 0 Å². The Labute approximate surface area is 143 Å². The summed E-state index contributed by atoms with van der Waals surface area (Å²) in [6.45, 7) is 1.66. The number of sulfonamides is 1. The Kier molecular flexibility index (Phi) is 7.98. The number of hydrogen-bond donors (Lipinski definition) is 1. The van der Waals surface area contributed by atoms with Gasteiger partial charge in [0.2, 0.25) is 15.9 Å². The number of amides is 1. The Morgan fingerprint density at radius 3 is 2.30 bits per heavy atom. The van der Waals surface area contributed by atoms with Gasteiger partial charge in [-0.1, -0.05) is 23.7 Å². The second kappa shape index (κ2) is 9.22. The van der Waals surface area contributed by atoms with E-state index in [0.717, 1.165) is 18.4 Å². The van der Waals surface area contributed by atoms with Crippen molar-refractivity contribution in [3.05, 3.63) is 34.9 Å². The average Bonchev–Trinajstić information content (AvgIpc) is 2.43. The number of benzene rings is 1. The molecule has 0 saturated heterocycles. The molecule has 1 aromatic rings. The molecule has 0 bridgehead atoms. The smallest absolute Gasteiger partial charge is 0.221 e. The Morgan fingerprint density at radius 1 is 1.17 bits per heavy atom. The van der Waals surface area contributed by atoms with Crippen LogP contribution in [0.4, 0.5) is 0 Å². The predicted molar refractivity (Wildman–Crippen MR) is 92.9 cm³/mol. The van der Waals surface area contributed by atoms with Crippen LogP contribution >= 0.6 is 11.6 Å². The number of halogens is 1. The number of hydrogen-bond acceptors (Lipinski definition) is 4. The first-order chi connectivity index (χ1) is 10.7. The number of rotatable bonds is 9. The number of likely N-dealkylation sites (N-methyl/N-ethyl adjacent to an activating group) is 1. The first-order valence-corrected chi connectivity index (χ1v) is 9.52. The first kappa shape index (κ1) is 19.9. The topological polar surface area (TPSA) is 69.7 Å². The summed E-state index contributed by atoms with van der Waals surface area (Å²) in [6.07, 6.45) is 1.28. The molecule has 1 rings (SSSR count). The van der Waals surface area contributed by atoms with Gasteiger partial charge in [0.25, 0.3) is 0 Å². The molecule has 0 radical (unpaired) electrons. The Morgan fingerprint density at radius 2 is 1.78 bits per heavy atom. The van der Waals surface area contributed by atoms with Gasteiger partial charge in [-0.25, -0.2) is 8.42 Å². The molecule has 0 aliphatic heterocycles. The van der Waals surface area contributed by atoms with E-state index in [1.165, 1.54) is 4.31 Å². The predicted octanol–water partition coefficient (Wildman–Crippen LogP) is 1.17. The van der Waals surface area contributed by atoms with Crippen molar-refractivity contribution >= 4 is 27.5 Å². The lowest BCUT2D eigenvalue weighted by Crippen LogP contribution is -2.36. The second-order valence-electron chi connectivity index (χ2n) is 5.63. The highest BCUT2D eigenvalue weighted by molar-refractivity contribution is 7.88. The van der Waals surface area contributed by atoms with Crippen molar-refractivity contribution in [1.29, 1.82) is 0 Å². The lowest BCUT2D eigenvalue weighted by Gasteiger charge is -2.20. The van der Waals surface area contributed by atoms with Crippen LogP contribution in [-0.2, 0) is 21.4 Å². The molecule has 130 valence electrons. The standard InChI is InChI=1S/C15H24ClN3O3S/c1-18(2)11-9-17-15(20)8-10-19(23(3,21)22)12-13-4-6-14(16)7-5-13/h4-7H,8-12H2,1-3H3,(H,17,20). The normalized spacial score (nSPS) is 11.9. The van der Waals surface area contributed by atoms with E-state index in [1.54, 1.807) is 24.3 Å². The summed E-state index contributed by atoms with van der Waals surface area (Å²) < 4.78 is 25.1. The lowest BCUT2D eigenvalue weighted by molar-refractivity contribution is -0.121. The van der Waals surface area contributed by atoms with Gasteiger partial charge in [-0.15, -0.1) is 0 Å². The van der Waals surface area contributed by atoms with Crippen LogP contribution in [0.15, 0.2) is 24.3 Å². The lowest BCUT2D eigenvalue weighted by atomic mass is 10.2. The highest BCUT2D eigenvalue weighted by Crippen LogP contribution is 2.13. The molecule has 0 aromatic heterocycles. The maximum absolute atomic E-state index is 11.9. The third-order valence-corrected chi connectivity index (χ3v) is 4.71. The van der Waals surface area contributed by atoms with Crippen LogP contribution in [-0.4, -0.2) is 63.5 Å². The van der Waals surface area contributed by atoms with Gasteiger partial charge in [0, 0.05) is 37.6 Å². The molecule has 1 aromatic carbocycles. The maximum atomic E-state index is 11.9. The zero-order valence-electron chi connectivity index (χ0n) is 13.8. The van der Waals surface area contributed by atoms with Gasteiger partial charge < -0.3 is 10.2 Å². The molecule has 1 N–H and O–H groups in total. The quantitative estimate of drug-likeness (QED) is 0.716. The van der Waals surface area contributed by atoms with Crippen molar-refractivity contribution in [2.24, 2.45) is 0 Å². The maximum Gasteiger partial charge on any atom is 0.221 e. The Hall–Kier alpha value is -1.15. The zero-order chi connectivity index (χ0) is 17.5. The average molecular weight is 362 g/mol.